The topological polar surface area (TPSA) is 79.3 Å². The van der Waals surface area contributed by atoms with Gasteiger partial charge in [-0.3, -0.25) is 4.98 Å². The molecule has 1 aromatic carbocycles. The average molecular weight is 278 g/mol. The summed E-state index contributed by atoms with van der Waals surface area (Å²) in [4.78, 5) is 3.93. The Bertz CT molecular complexity index is 625. The van der Waals surface area contributed by atoms with Crippen molar-refractivity contribution in [2.75, 3.05) is 6.54 Å². The maximum absolute atomic E-state index is 11.9. The van der Waals surface area contributed by atoms with E-state index in [0.717, 1.165) is 5.56 Å². The molecule has 0 saturated carbocycles. The molecule has 0 amide bonds. The second-order valence-electron chi connectivity index (χ2n) is 4.00. The minimum Gasteiger partial charge on any atom is -0.508 e. The molecule has 2 rings (SSSR count). The summed E-state index contributed by atoms with van der Waals surface area (Å²) < 4.78 is 26.3. The molecule has 0 bridgehead atoms. The van der Waals surface area contributed by atoms with Crippen molar-refractivity contribution < 1.29 is 13.5 Å². The van der Waals surface area contributed by atoms with Gasteiger partial charge in [-0.05, 0) is 36.2 Å². The highest BCUT2D eigenvalue weighted by atomic mass is 32.2. The quantitative estimate of drug-likeness (QED) is 0.864. The molecule has 2 aromatic rings. The van der Waals surface area contributed by atoms with Gasteiger partial charge in [-0.25, -0.2) is 13.1 Å². The van der Waals surface area contributed by atoms with Crippen LogP contribution in [-0.2, 0) is 16.4 Å². The van der Waals surface area contributed by atoms with Gasteiger partial charge in [-0.1, -0.05) is 12.1 Å². The largest absolute Gasteiger partial charge is 0.508 e. The van der Waals surface area contributed by atoms with Crippen molar-refractivity contribution in [3.05, 3.63) is 54.4 Å². The van der Waals surface area contributed by atoms with Crippen molar-refractivity contribution >= 4 is 10.0 Å². The van der Waals surface area contributed by atoms with Crippen molar-refractivity contribution in [1.29, 1.82) is 0 Å². The number of aromatic nitrogens is 1. The monoisotopic (exact) mass is 278 g/mol. The number of pyridine rings is 1. The summed E-state index contributed by atoms with van der Waals surface area (Å²) in [6.45, 7) is 0.294. The molecule has 6 heteroatoms. The molecule has 1 aromatic heterocycles. The Labute approximate surface area is 112 Å². The molecule has 0 aliphatic heterocycles. The highest BCUT2D eigenvalue weighted by Gasteiger charge is 2.12. The van der Waals surface area contributed by atoms with Gasteiger partial charge in [0.2, 0.25) is 10.0 Å². The molecule has 0 fully saturated rings. The first-order valence-corrected chi connectivity index (χ1v) is 7.24. The fourth-order valence-corrected chi connectivity index (χ4v) is 2.58. The molecule has 0 radical (unpaired) electrons. The lowest BCUT2D eigenvalue weighted by atomic mass is 10.1. The number of aromatic hydroxyl groups is 1. The van der Waals surface area contributed by atoms with E-state index in [4.69, 9.17) is 5.11 Å². The van der Waals surface area contributed by atoms with Crippen LogP contribution in [0, 0.1) is 0 Å². The van der Waals surface area contributed by atoms with Gasteiger partial charge in [0.1, 0.15) is 10.6 Å². The maximum atomic E-state index is 11.9. The van der Waals surface area contributed by atoms with Crippen LogP contribution in [0.2, 0.25) is 0 Å². The van der Waals surface area contributed by atoms with E-state index in [1.54, 1.807) is 30.3 Å². The van der Waals surface area contributed by atoms with E-state index in [1.165, 1.54) is 18.5 Å². The van der Waals surface area contributed by atoms with E-state index in [2.05, 4.69) is 9.71 Å². The van der Waals surface area contributed by atoms with Gasteiger partial charge in [-0.2, -0.15) is 0 Å². The number of benzene rings is 1. The number of phenolic OH excluding ortho intramolecular Hbond substituents is 1. The Morgan fingerprint density at radius 1 is 1.16 bits per heavy atom. The molecule has 0 spiro atoms. The zero-order valence-electron chi connectivity index (χ0n) is 10.2. The summed E-state index contributed by atoms with van der Waals surface area (Å²) in [5.74, 6) is 0.194. The molecule has 100 valence electrons. The Kier molecular flexibility index (Phi) is 4.13. The van der Waals surface area contributed by atoms with Crippen LogP contribution in [0.3, 0.4) is 0 Å². The Hall–Kier alpha value is -1.92. The lowest BCUT2D eigenvalue weighted by molar-refractivity contribution is 0.475. The minimum atomic E-state index is -3.50. The highest BCUT2D eigenvalue weighted by Crippen LogP contribution is 2.10. The Morgan fingerprint density at radius 3 is 2.53 bits per heavy atom. The van der Waals surface area contributed by atoms with Crippen molar-refractivity contribution in [3.8, 4) is 5.75 Å². The van der Waals surface area contributed by atoms with Crippen LogP contribution in [0.15, 0.2) is 53.7 Å². The first-order valence-electron chi connectivity index (χ1n) is 5.75. The molecule has 0 atom stereocenters. The van der Waals surface area contributed by atoms with Crippen LogP contribution < -0.4 is 4.72 Å². The maximum Gasteiger partial charge on any atom is 0.242 e. The number of nitrogens with zero attached hydrogens (tertiary/aromatic N) is 1. The van der Waals surface area contributed by atoms with E-state index in [0.29, 0.717) is 13.0 Å². The number of rotatable bonds is 5. The van der Waals surface area contributed by atoms with Crippen LogP contribution in [0.4, 0.5) is 0 Å². The van der Waals surface area contributed by atoms with Gasteiger partial charge in [0.15, 0.2) is 0 Å². The molecular formula is C13H14N2O3S. The first-order chi connectivity index (χ1) is 9.08. The SMILES string of the molecule is O=S(=O)(NCCc1ccc(O)cc1)c1cccnc1. The molecule has 0 unspecified atom stereocenters. The van der Waals surface area contributed by atoms with E-state index in [9.17, 15) is 8.42 Å². The average Bonchev–Trinajstić information content (AvgIpc) is 2.42. The predicted molar refractivity (Wildman–Crippen MR) is 71.2 cm³/mol. The van der Waals surface area contributed by atoms with Crippen molar-refractivity contribution in [2.24, 2.45) is 0 Å². The number of hydrogen-bond donors (Lipinski definition) is 2. The normalized spacial score (nSPS) is 11.4. The van der Waals surface area contributed by atoms with Gasteiger partial charge in [0.05, 0.1) is 0 Å². The second kappa shape index (κ2) is 5.81. The molecule has 5 nitrogen and oxygen atoms in total. The number of hydrogen-bond acceptors (Lipinski definition) is 4. The third-order valence-electron chi connectivity index (χ3n) is 2.59. The highest BCUT2D eigenvalue weighted by molar-refractivity contribution is 7.89. The fraction of sp³-hybridized carbons (Fsp3) is 0.154. The zero-order chi connectivity index (χ0) is 13.7. The van der Waals surface area contributed by atoms with Gasteiger partial charge in [0.25, 0.3) is 0 Å². The molecule has 0 saturated heterocycles. The van der Waals surface area contributed by atoms with Crippen LogP contribution in [0.5, 0.6) is 5.75 Å². The standard InChI is InChI=1S/C13H14N2O3S/c16-12-5-3-11(4-6-12)7-9-15-19(17,18)13-2-1-8-14-10-13/h1-6,8,10,15-16H,7,9H2. The van der Waals surface area contributed by atoms with E-state index in [1.807, 2.05) is 0 Å². The van der Waals surface area contributed by atoms with Crippen LogP contribution in [0.1, 0.15) is 5.56 Å². The summed E-state index contributed by atoms with van der Waals surface area (Å²) in [6, 6.07) is 9.74. The molecule has 1 heterocycles. The smallest absolute Gasteiger partial charge is 0.242 e. The summed E-state index contributed by atoms with van der Waals surface area (Å²) in [7, 11) is -3.50. The van der Waals surface area contributed by atoms with Gasteiger partial charge in [-0.15, -0.1) is 0 Å². The molecule has 0 aliphatic carbocycles. The molecular weight excluding hydrogens is 264 g/mol. The van der Waals surface area contributed by atoms with E-state index < -0.39 is 10.0 Å². The van der Waals surface area contributed by atoms with Crippen LogP contribution in [0.25, 0.3) is 0 Å². The predicted octanol–water partition coefficient (Wildman–Crippen LogP) is 1.31. The fourth-order valence-electron chi connectivity index (χ4n) is 1.58. The summed E-state index contributed by atoms with van der Waals surface area (Å²) in [5, 5.41) is 9.14. The van der Waals surface area contributed by atoms with Crippen LogP contribution in [-0.4, -0.2) is 25.1 Å². The second-order valence-corrected chi connectivity index (χ2v) is 5.77. The van der Waals surface area contributed by atoms with Crippen molar-refractivity contribution in [1.82, 2.24) is 9.71 Å². The van der Waals surface area contributed by atoms with Crippen LogP contribution >= 0.6 is 0 Å². The third-order valence-corrected chi connectivity index (χ3v) is 4.03. The number of sulfonamides is 1. The summed E-state index contributed by atoms with van der Waals surface area (Å²) >= 11 is 0. The first kappa shape index (κ1) is 13.5. The van der Waals surface area contributed by atoms with Crippen molar-refractivity contribution in [3.63, 3.8) is 0 Å². The number of phenols is 1. The Balaban J connectivity index is 1.94. The number of nitrogens with one attached hydrogen (secondary N) is 1. The third kappa shape index (κ3) is 3.77. The molecule has 2 N–H and O–H groups in total. The van der Waals surface area contributed by atoms with Gasteiger partial charge < -0.3 is 5.11 Å². The van der Waals surface area contributed by atoms with E-state index >= 15 is 0 Å². The van der Waals surface area contributed by atoms with E-state index in [-0.39, 0.29) is 10.6 Å². The Morgan fingerprint density at radius 2 is 1.89 bits per heavy atom. The minimum absolute atomic E-state index is 0.153. The molecule has 0 aliphatic rings. The summed E-state index contributed by atoms with van der Waals surface area (Å²) in [6.07, 6.45) is 3.39. The zero-order valence-corrected chi connectivity index (χ0v) is 11.0. The van der Waals surface area contributed by atoms with Gasteiger partial charge in [0, 0.05) is 18.9 Å². The lowest BCUT2D eigenvalue weighted by Gasteiger charge is -2.06. The molecule has 19 heavy (non-hydrogen) atoms. The summed E-state index contributed by atoms with van der Waals surface area (Å²) in [5.41, 5.74) is 0.951. The van der Waals surface area contributed by atoms with Crippen molar-refractivity contribution in [2.45, 2.75) is 11.3 Å². The lowest BCUT2D eigenvalue weighted by Crippen LogP contribution is -2.26. The van der Waals surface area contributed by atoms with Gasteiger partial charge >= 0.3 is 0 Å².